The van der Waals surface area contributed by atoms with Gasteiger partial charge >= 0.3 is 5.69 Å². The standard InChI is InChI=1S/C12H11ClN2O4/c1-8-6-15(11(18)14-10(8)17)9-2-3-12(7-16,19-9)4-5-13/h2-3,6,9,16H,7H2,1H3,(H,14,17,18)/t9?,12-/m1/s1. The lowest BCUT2D eigenvalue weighted by Gasteiger charge is -2.21. The summed E-state index contributed by atoms with van der Waals surface area (Å²) in [7, 11) is 0. The Hall–Kier alpha value is -1.81. The number of ether oxygens (including phenoxy) is 1. The Morgan fingerprint density at radius 2 is 2.37 bits per heavy atom. The van der Waals surface area contributed by atoms with E-state index in [1.54, 1.807) is 13.0 Å². The highest BCUT2D eigenvalue weighted by atomic mass is 35.5. The number of hydrogen-bond acceptors (Lipinski definition) is 4. The molecule has 0 radical (unpaired) electrons. The Bertz CT molecular complexity index is 694. The highest BCUT2D eigenvalue weighted by molar-refractivity contribution is 6.30. The van der Waals surface area contributed by atoms with Crippen molar-refractivity contribution in [3.05, 3.63) is 44.8 Å². The molecule has 2 N–H and O–H groups in total. The molecule has 6 nitrogen and oxygen atoms in total. The molecule has 100 valence electrons. The van der Waals surface area contributed by atoms with E-state index in [2.05, 4.69) is 16.3 Å². The fourth-order valence-corrected chi connectivity index (χ4v) is 1.90. The van der Waals surface area contributed by atoms with Crippen LogP contribution in [0.2, 0.25) is 0 Å². The van der Waals surface area contributed by atoms with Gasteiger partial charge in [-0.05, 0) is 36.6 Å². The van der Waals surface area contributed by atoms with E-state index in [9.17, 15) is 14.7 Å². The Kier molecular flexibility index (Phi) is 3.62. The number of rotatable bonds is 2. The molecule has 0 bridgehead atoms. The van der Waals surface area contributed by atoms with Gasteiger partial charge in [-0.3, -0.25) is 14.3 Å². The summed E-state index contributed by atoms with van der Waals surface area (Å²) in [5.74, 6) is 2.52. The predicted octanol–water partition coefficient (Wildman–Crippen LogP) is -0.139. The minimum atomic E-state index is -1.23. The number of aromatic nitrogens is 2. The van der Waals surface area contributed by atoms with Crippen LogP contribution in [-0.2, 0) is 4.74 Å². The topological polar surface area (TPSA) is 84.3 Å². The second-order valence-electron chi connectivity index (χ2n) is 4.11. The third-order valence-corrected chi connectivity index (χ3v) is 2.87. The van der Waals surface area contributed by atoms with E-state index in [0.717, 1.165) is 0 Å². The van der Waals surface area contributed by atoms with Crippen molar-refractivity contribution in [3.63, 3.8) is 0 Å². The minimum Gasteiger partial charge on any atom is -0.392 e. The molecular weight excluding hydrogens is 272 g/mol. The molecule has 19 heavy (non-hydrogen) atoms. The first-order chi connectivity index (χ1) is 9.01. The molecule has 1 aliphatic rings. The molecule has 1 aromatic rings. The van der Waals surface area contributed by atoms with E-state index in [4.69, 9.17) is 16.3 Å². The van der Waals surface area contributed by atoms with Crippen LogP contribution in [0, 0.1) is 18.2 Å². The van der Waals surface area contributed by atoms with Gasteiger partial charge < -0.3 is 9.84 Å². The number of aliphatic hydroxyl groups is 1. The highest BCUT2D eigenvalue weighted by Crippen LogP contribution is 2.28. The lowest BCUT2D eigenvalue weighted by molar-refractivity contribution is -0.0503. The van der Waals surface area contributed by atoms with E-state index in [-0.39, 0.29) is 0 Å². The van der Waals surface area contributed by atoms with Crippen LogP contribution in [0.25, 0.3) is 0 Å². The van der Waals surface area contributed by atoms with Crippen molar-refractivity contribution < 1.29 is 9.84 Å². The molecule has 0 spiro atoms. The van der Waals surface area contributed by atoms with Crippen molar-refractivity contribution in [2.75, 3.05) is 6.61 Å². The van der Waals surface area contributed by atoms with Gasteiger partial charge in [-0.1, -0.05) is 0 Å². The van der Waals surface area contributed by atoms with Gasteiger partial charge in [0.25, 0.3) is 5.56 Å². The van der Waals surface area contributed by atoms with Gasteiger partial charge in [0, 0.05) is 17.1 Å². The van der Waals surface area contributed by atoms with E-state index < -0.39 is 29.7 Å². The number of nitrogens with zero attached hydrogens (tertiary/aromatic N) is 1. The van der Waals surface area contributed by atoms with Gasteiger partial charge in [0.05, 0.1) is 6.61 Å². The number of nitrogens with one attached hydrogen (secondary N) is 1. The van der Waals surface area contributed by atoms with Gasteiger partial charge in [0.1, 0.15) is 0 Å². The van der Waals surface area contributed by atoms with Crippen LogP contribution < -0.4 is 11.2 Å². The molecule has 2 rings (SSSR count). The van der Waals surface area contributed by atoms with E-state index in [1.165, 1.54) is 16.8 Å². The largest absolute Gasteiger partial charge is 0.392 e. The molecule has 0 saturated heterocycles. The zero-order valence-corrected chi connectivity index (χ0v) is 10.8. The van der Waals surface area contributed by atoms with Crippen LogP contribution in [-0.4, -0.2) is 26.9 Å². The maximum absolute atomic E-state index is 11.7. The van der Waals surface area contributed by atoms with Gasteiger partial charge in [0.15, 0.2) is 11.8 Å². The second-order valence-corrected chi connectivity index (χ2v) is 4.30. The number of aryl methyl sites for hydroxylation is 1. The Morgan fingerprint density at radius 3 is 3.00 bits per heavy atom. The second kappa shape index (κ2) is 5.05. The number of aliphatic hydroxyl groups excluding tert-OH is 1. The predicted molar refractivity (Wildman–Crippen MR) is 68.8 cm³/mol. The molecular formula is C12H11ClN2O4. The average Bonchev–Trinajstić information content (AvgIpc) is 2.79. The van der Waals surface area contributed by atoms with Gasteiger partial charge in [0.2, 0.25) is 0 Å². The summed E-state index contributed by atoms with van der Waals surface area (Å²) < 4.78 is 6.73. The van der Waals surface area contributed by atoms with Crippen LogP contribution in [0.3, 0.4) is 0 Å². The Balaban J connectivity index is 2.39. The molecule has 0 amide bonds. The summed E-state index contributed by atoms with van der Waals surface area (Å²) >= 11 is 5.32. The number of aromatic amines is 1. The molecule has 7 heteroatoms. The van der Waals surface area contributed by atoms with Crippen molar-refractivity contribution in [2.24, 2.45) is 0 Å². The van der Waals surface area contributed by atoms with E-state index in [1.807, 2.05) is 0 Å². The first kappa shape index (κ1) is 13.6. The molecule has 2 heterocycles. The fourth-order valence-electron chi connectivity index (χ4n) is 1.74. The number of hydrogen-bond donors (Lipinski definition) is 2. The van der Waals surface area contributed by atoms with Crippen molar-refractivity contribution in [1.82, 2.24) is 9.55 Å². The van der Waals surface area contributed by atoms with Gasteiger partial charge in [-0.15, -0.1) is 0 Å². The summed E-state index contributed by atoms with van der Waals surface area (Å²) in [5, 5.41) is 11.4. The van der Waals surface area contributed by atoms with Gasteiger partial charge in [-0.2, -0.15) is 0 Å². The van der Waals surface area contributed by atoms with Crippen LogP contribution in [0.15, 0.2) is 27.9 Å². The summed E-state index contributed by atoms with van der Waals surface area (Å²) in [6.45, 7) is 1.18. The molecule has 0 aliphatic carbocycles. The summed E-state index contributed by atoms with van der Waals surface area (Å²) in [6.07, 6.45) is 3.72. The summed E-state index contributed by atoms with van der Waals surface area (Å²) in [5.41, 5.74) is -1.90. The molecule has 1 aliphatic heterocycles. The maximum atomic E-state index is 11.7. The first-order valence-corrected chi connectivity index (χ1v) is 5.82. The van der Waals surface area contributed by atoms with Crippen LogP contribution in [0.4, 0.5) is 0 Å². The average molecular weight is 283 g/mol. The maximum Gasteiger partial charge on any atom is 0.330 e. The van der Waals surface area contributed by atoms with E-state index in [0.29, 0.717) is 5.56 Å². The van der Waals surface area contributed by atoms with Crippen molar-refractivity contribution in [1.29, 1.82) is 0 Å². The molecule has 0 aromatic carbocycles. The smallest absolute Gasteiger partial charge is 0.330 e. The van der Waals surface area contributed by atoms with Crippen molar-refractivity contribution >= 4 is 11.6 Å². The van der Waals surface area contributed by atoms with Crippen LogP contribution in [0.1, 0.15) is 11.8 Å². The Labute approximate surface area is 113 Å². The lowest BCUT2D eigenvalue weighted by atomic mass is 10.1. The third kappa shape index (κ3) is 2.49. The zero-order chi connectivity index (χ0) is 14.0. The first-order valence-electron chi connectivity index (χ1n) is 5.44. The number of halogens is 1. The molecule has 0 fully saturated rings. The quantitative estimate of drug-likeness (QED) is 0.584. The normalized spacial score (nSPS) is 25.1. The third-order valence-electron chi connectivity index (χ3n) is 2.77. The molecule has 1 unspecified atom stereocenters. The van der Waals surface area contributed by atoms with Crippen LogP contribution >= 0.6 is 11.6 Å². The summed E-state index contributed by atoms with van der Waals surface area (Å²) in [6, 6.07) is 0. The molecule has 2 atom stereocenters. The lowest BCUT2D eigenvalue weighted by Crippen LogP contribution is -2.36. The summed E-state index contributed by atoms with van der Waals surface area (Å²) in [4.78, 5) is 25.2. The van der Waals surface area contributed by atoms with Gasteiger partial charge in [-0.25, -0.2) is 4.79 Å². The highest BCUT2D eigenvalue weighted by Gasteiger charge is 2.34. The van der Waals surface area contributed by atoms with Crippen LogP contribution in [0.5, 0.6) is 0 Å². The molecule has 0 saturated carbocycles. The number of H-pyrrole nitrogens is 1. The zero-order valence-electron chi connectivity index (χ0n) is 10.0. The van der Waals surface area contributed by atoms with E-state index >= 15 is 0 Å². The fraction of sp³-hybridized carbons (Fsp3) is 0.333. The molecule has 1 aromatic heterocycles. The van der Waals surface area contributed by atoms with Crippen molar-refractivity contribution in [2.45, 2.75) is 18.8 Å². The minimum absolute atomic E-state index is 0.376. The Morgan fingerprint density at radius 1 is 1.63 bits per heavy atom. The van der Waals surface area contributed by atoms with Crippen molar-refractivity contribution in [3.8, 4) is 11.3 Å². The SMILES string of the molecule is Cc1cn(C2C=C[C@@](C#CCl)(CO)O2)c(=O)[nH]c1=O. The monoisotopic (exact) mass is 282 g/mol.